The van der Waals surface area contributed by atoms with Crippen molar-refractivity contribution in [3.8, 4) is 12.1 Å². The van der Waals surface area contributed by atoms with Gasteiger partial charge in [0.1, 0.15) is 23.3 Å². The Balaban J connectivity index is 0.000000290. The number of hydrogen-bond acceptors (Lipinski definition) is 6. The number of unbranched alkanes of at least 4 members (excludes halogenated alkanes) is 2. The molecule has 0 aliphatic heterocycles. The van der Waals surface area contributed by atoms with Gasteiger partial charge >= 0.3 is 11.9 Å². The van der Waals surface area contributed by atoms with Gasteiger partial charge in [0.2, 0.25) is 0 Å². The average molecular weight is 723 g/mol. The third kappa shape index (κ3) is 13.4. The summed E-state index contributed by atoms with van der Waals surface area (Å²) in [5.41, 5.74) is 4.65. The predicted octanol–water partition coefficient (Wildman–Crippen LogP) is 11.5. The molecule has 0 saturated carbocycles. The smallest absolute Gasteiger partial charge is 0.349 e. The number of esters is 2. The number of carbonyl (C=O) groups excluding carboxylic acids is 2. The van der Waals surface area contributed by atoms with E-state index in [0.29, 0.717) is 36.2 Å². The lowest BCUT2D eigenvalue weighted by Gasteiger charge is -2.16. The monoisotopic (exact) mass is 722 g/mol. The van der Waals surface area contributed by atoms with Gasteiger partial charge in [-0.1, -0.05) is 188 Å². The van der Waals surface area contributed by atoms with Crippen LogP contribution in [0.5, 0.6) is 0 Å². The normalized spacial score (nSPS) is 11.3. The summed E-state index contributed by atoms with van der Waals surface area (Å²) in [5, 5.41) is 19.5. The number of benzene rings is 4. The first-order chi connectivity index (χ1) is 26.4. The zero-order valence-electron chi connectivity index (χ0n) is 32.3. The van der Waals surface area contributed by atoms with Gasteiger partial charge in [-0.25, -0.2) is 9.59 Å². The zero-order chi connectivity index (χ0) is 39.0. The van der Waals surface area contributed by atoms with E-state index < -0.39 is 11.9 Å². The van der Waals surface area contributed by atoms with E-state index >= 15 is 0 Å². The van der Waals surface area contributed by atoms with Crippen molar-refractivity contribution in [2.45, 2.75) is 79.1 Å². The Hall–Kier alpha value is -5.72. The highest BCUT2D eigenvalue weighted by Crippen LogP contribution is 2.29. The summed E-state index contributed by atoms with van der Waals surface area (Å²) in [6.45, 7) is 9.24. The summed E-state index contributed by atoms with van der Waals surface area (Å²) >= 11 is 0. The molecule has 0 bridgehead atoms. The Kier molecular flexibility index (Phi) is 19.4. The number of nitrogens with zero attached hydrogens (tertiary/aromatic N) is 2. The van der Waals surface area contributed by atoms with Gasteiger partial charge in [0.05, 0.1) is 13.2 Å². The topological polar surface area (TPSA) is 100 Å². The minimum Gasteiger partial charge on any atom is -0.461 e. The predicted molar refractivity (Wildman–Crippen MR) is 218 cm³/mol. The van der Waals surface area contributed by atoms with Crippen molar-refractivity contribution in [2.24, 2.45) is 11.8 Å². The van der Waals surface area contributed by atoms with Gasteiger partial charge in [0, 0.05) is 11.1 Å². The molecule has 0 aliphatic carbocycles. The van der Waals surface area contributed by atoms with Crippen molar-refractivity contribution in [2.75, 3.05) is 13.2 Å². The van der Waals surface area contributed by atoms with Crippen LogP contribution in [0.25, 0.3) is 11.1 Å². The molecule has 54 heavy (non-hydrogen) atoms. The fraction of sp³-hybridized carbons (Fsp3) is 0.333. The number of carbonyl (C=O) groups is 2. The van der Waals surface area contributed by atoms with Gasteiger partial charge < -0.3 is 9.47 Å². The maximum Gasteiger partial charge on any atom is 0.349 e. The van der Waals surface area contributed by atoms with Crippen molar-refractivity contribution < 1.29 is 19.1 Å². The van der Waals surface area contributed by atoms with Gasteiger partial charge in [-0.05, 0) is 46.9 Å². The van der Waals surface area contributed by atoms with Crippen molar-refractivity contribution >= 4 is 23.1 Å². The van der Waals surface area contributed by atoms with Crippen LogP contribution in [0.2, 0.25) is 0 Å². The largest absolute Gasteiger partial charge is 0.461 e. The third-order valence-corrected chi connectivity index (χ3v) is 9.37. The van der Waals surface area contributed by atoms with Crippen molar-refractivity contribution in [3.63, 3.8) is 0 Å². The number of hydrogen-bond donors (Lipinski definition) is 0. The molecular formula is C48H54N2O4. The van der Waals surface area contributed by atoms with E-state index in [0.717, 1.165) is 73.6 Å². The summed E-state index contributed by atoms with van der Waals surface area (Å²) in [6.07, 6.45) is 8.49. The van der Waals surface area contributed by atoms with Crippen LogP contribution >= 0.6 is 0 Å². The van der Waals surface area contributed by atoms with Gasteiger partial charge in [0.15, 0.2) is 0 Å². The van der Waals surface area contributed by atoms with Crippen LogP contribution in [-0.2, 0) is 19.1 Å². The first kappa shape index (κ1) is 42.7. The molecule has 0 heterocycles. The van der Waals surface area contributed by atoms with E-state index in [2.05, 4.69) is 39.8 Å². The molecule has 6 heteroatoms. The Bertz CT molecular complexity index is 1630. The zero-order valence-corrected chi connectivity index (χ0v) is 32.3. The van der Waals surface area contributed by atoms with Gasteiger partial charge in [-0.3, -0.25) is 0 Å². The van der Waals surface area contributed by atoms with Crippen molar-refractivity contribution in [3.05, 3.63) is 155 Å². The molecule has 0 amide bonds. The molecular weight excluding hydrogens is 669 g/mol. The van der Waals surface area contributed by atoms with E-state index in [1.54, 1.807) is 0 Å². The first-order valence-corrected chi connectivity index (χ1v) is 19.3. The highest BCUT2D eigenvalue weighted by molar-refractivity contribution is 6.06. The van der Waals surface area contributed by atoms with Gasteiger partial charge in [-0.15, -0.1) is 0 Å². The molecule has 280 valence electrons. The van der Waals surface area contributed by atoms with Crippen LogP contribution in [0.15, 0.2) is 132 Å². The quantitative estimate of drug-likeness (QED) is 0.0576. The first-order valence-electron chi connectivity index (χ1n) is 19.3. The second-order valence-corrected chi connectivity index (χ2v) is 13.2. The minimum absolute atomic E-state index is 0.0535. The minimum atomic E-state index is -0.546. The summed E-state index contributed by atoms with van der Waals surface area (Å²) in [6, 6.07) is 42.3. The Morgan fingerprint density at radius 1 is 0.500 bits per heavy atom. The van der Waals surface area contributed by atoms with E-state index in [-0.39, 0.29) is 11.1 Å². The average Bonchev–Trinajstić information content (AvgIpc) is 3.23. The van der Waals surface area contributed by atoms with Crippen molar-refractivity contribution in [1.82, 2.24) is 0 Å². The van der Waals surface area contributed by atoms with Crippen LogP contribution < -0.4 is 0 Å². The maximum absolute atomic E-state index is 12.8. The third-order valence-electron chi connectivity index (χ3n) is 9.37. The molecule has 0 aliphatic rings. The molecule has 4 aromatic rings. The fourth-order valence-corrected chi connectivity index (χ4v) is 6.06. The van der Waals surface area contributed by atoms with Crippen LogP contribution in [-0.4, -0.2) is 25.2 Å². The highest BCUT2D eigenvalue weighted by Gasteiger charge is 2.22. The lowest BCUT2D eigenvalue weighted by atomic mass is 9.93. The molecule has 4 rings (SSSR count). The Morgan fingerprint density at radius 3 is 1.00 bits per heavy atom. The standard InChI is InChI=1S/2C24H27NO2/c2*1-3-5-12-19(4-2)18-27-24(26)22(17-25)23(20-13-8-6-9-14-20)21-15-10-7-11-16-21/h2*6-11,13-16,19H,3-5,12,18H2,1-2H3. The summed E-state index contributed by atoms with van der Waals surface area (Å²) < 4.78 is 11.1. The van der Waals surface area contributed by atoms with Gasteiger partial charge in [-0.2, -0.15) is 10.5 Å². The van der Waals surface area contributed by atoms with Crippen molar-refractivity contribution in [1.29, 1.82) is 10.5 Å². The summed E-state index contributed by atoms with van der Waals surface area (Å²) in [5.74, 6) is -0.415. The Morgan fingerprint density at radius 2 is 0.778 bits per heavy atom. The van der Waals surface area contributed by atoms with Crippen LogP contribution in [0.3, 0.4) is 0 Å². The van der Waals surface area contributed by atoms with Gasteiger partial charge in [0.25, 0.3) is 0 Å². The summed E-state index contributed by atoms with van der Waals surface area (Å²) in [7, 11) is 0. The molecule has 4 aromatic carbocycles. The second-order valence-electron chi connectivity index (χ2n) is 13.2. The van der Waals surface area contributed by atoms with E-state index in [9.17, 15) is 20.1 Å². The Labute approximate surface area is 322 Å². The molecule has 6 nitrogen and oxygen atoms in total. The molecule has 2 unspecified atom stereocenters. The number of rotatable bonds is 18. The molecule has 0 saturated heterocycles. The number of ether oxygens (including phenoxy) is 2. The summed E-state index contributed by atoms with van der Waals surface area (Å²) in [4.78, 5) is 25.5. The van der Waals surface area contributed by atoms with E-state index in [1.165, 1.54) is 0 Å². The lowest BCUT2D eigenvalue weighted by Crippen LogP contribution is -2.16. The van der Waals surface area contributed by atoms with Crippen LogP contribution in [0.4, 0.5) is 0 Å². The molecule has 0 N–H and O–H groups in total. The van der Waals surface area contributed by atoms with E-state index in [1.807, 2.05) is 121 Å². The molecule has 0 aromatic heterocycles. The van der Waals surface area contributed by atoms with Crippen LogP contribution in [0, 0.1) is 34.5 Å². The maximum atomic E-state index is 12.8. The molecule has 0 fully saturated rings. The SMILES string of the molecule is CCCCC(CC)COC(=O)C(C#N)=C(c1ccccc1)c1ccccc1.CCCCC(CC)COC(=O)C(C#N)=C(c1ccccc1)c1ccccc1. The lowest BCUT2D eigenvalue weighted by molar-refractivity contribution is -0.140. The highest BCUT2D eigenvalue weighted by atomic mass is 16.5. The van der Waals surface area contributed by atoms with E-state index in [4.69, 9.17) is 9.47 Å². The molecule has 2 atom stereocenters. The molecule has 0 radical (unpaired) electrons. The fourth-order valence-electron chi connectivity index (χ4n) is 6.06. The second kappa shape index (κ2) is 24.5. The molecule has 0 spiro atoms. The number of nitriles is 2. The van der Waals surface area contributed by atoms with Crippen LogP contribution in [0.1, 0.15) is 101 Å².